The van der Waals surface area contributed by atoms with Crippen LogP contribution in [-0.4, -0.2) is 26.1 Å². The van der Waals surface area contributed by atoms with Crippen molar-refractivity contribution in [1.29, 1.82) is 0 Å². The van der Waals surface area contributed by atoms with Crippen molar-refractivity contribution >= 4 is 5.97 Å². The molecule has 0 amide bonds. The Morgan fingerprint density at radius 2 is 1.82 bits per heavy atom. The van der Waals surface area contributed by atoms with E-state index in [-0.39, 0.29) is 5.69 Å². The molecule has 0 aliphatic carbocycles. The number of aryl methyl sites for hydroxylation is 3. The highest BCUT2D eigenvalue weighted by molar-refractivity contribution is 5.84. The molecule has 5 nitrogen and oxygen atoms in total. The van der Waals surface area contributed by atoms with Crippen LogP contribution in [-0.2, 0) is 0 Å². The van der Waals surface area contributed by atoms with Crippen molar-refractivity contribution < 1.29 is 9.90 Å². The largest absolute Gasteiger partial charge is 0.476 e. The van der Waals surface area contributed by atoms with E-state index >= 15 is 0 Å². The van der Waals surface area contributed by atoms with Crippen LogP contribution in [0.1, 0.15) is 27.2 Å². The van der Waals surface area contributed by atoms with E-state index in [4.69, 9.17) is 5.11 Å². The van der Waals surface area contributed by atoms with Gasteiger partial charge >= 0.3 is 5.97 Å². The standard InChI is InChI=1S/C12H13N3O2/c1-7-4-8(2)11(9(3)5-7)15-6-10(12(16)17)13-14-15/h4-6H,1-3H3,(H,16,17). The molecule has 0 radical (unpaired) electrons. The molecular weight excluding hydrogens is 218 g/mol. The van der Waals surface area contributed by atoms with E-state index in [0.717, 1.165) is 16.8 Å². The molecule has 1 aromatic carbocycles. The minimum Gasteiger partial charge on any atom is -0.476 e. The van der Waals surface area contributed by atoms with Crippen LogP contribution in [0.3, 0.4) is 0 Å². The molecule has 0 atom stereocenters. The Bertz CT molecular complexity index is 564. The molecule has 5 heteroatoms. The van der Waals surface area contributed by atoms with E-state index in [0.29, 0.717) is 0 Å². The number of benzene rings is 1. The van der Waals surface area contributed by atoms with Crippen molar-refractivity contribution in [2.24, 2.45) is 0 Å². The lowest BCUT2D eigenvalue weighted by molar-refractivity contribution is 0.0690. The molecule has 0 bridgehead atoms. The first-order valence-electron chi connectivity index (χ1n) is 5.23. The lowest BCUT2D eigenvalue weighted by atomic mass is 10.1. The summed E-state index contributed by atoms with van der Waals surface area (Å²) in [5.41, 5.74) is 4.09. The van der Waals surface area contributed by atoms with Crippen LogP contribution in [0.4, 0.5) is 0 Å². The summed E-state index contributed by atoms with van der Waals surface area (Å²) < 4.78 is 1.51. The minimum absolute atomic E-state index is 0.0515. The zero-order chi connectivity index (χ0) is 12.6. The highest BCUT2D eigenvalue weighted by Gasteiger charge is 2.12. The monoisotopic (exact) mass is 231 g/mol. The van der Waals surface area contributed by atoms with Crippen molar-refractivity contribution in [3.8, 4) is 5.69 Å². The van der Waals surface area contributed by atoms with Crippen LogP contribution < -0.4 is 0 Å². The van der Waals surface area contributed by atoms with Crippen LogP contribution in [0.2, 0.25) is 0 Å². The zero-order valence-electron chi connectivity index (χ0n) is 9.93. The summed E-state index contributed by atoms with van der Waals surface area (Å²) in [5.74, 6) is -1.07. The molecule has 0 saturated heterocycles. The van der Waals surface area contributed by atoms with E-state index < -0.39 is 5.97 Å². The molecule has 0 unspecified atom stereocenters. The van der Waals surface area contributed by atoms with Gasteiger partial charge in [0.05, 0.1) is 11.9 Å². The Labute approximate surface area is 98.7 Å². The minimum atomic E-state index is -1.07. The normalized spacial score (nSPS) is 10.5. The van der Waals surface area contributed by atoms with Crippen molar-refractivity contribution in [3.05, 3.63) is 40.7 Å². The fraction of sp³-hybridized carbons (Fsp3) is 0.250. The van der Waals surface area contributed by atoms with E-state index in [9.17, 15) is 4.79 Å². The Balaban J connectivity index is 2.56. The van der Waals surface area contributed by atoms with Crippen LogP contribution in [0, 0.1) is 20.8 Å². The number of carboxylic acids is 1. The van der Waals surface area contributed by atoms with Gasteiger partial charge in [0.25, 0.3) is 0 Å². The maximum absolute atomic E-state index is 10.8. The van der Waals surface area contributed by atoms with Gasteiger partial charge in [0.15, 0.2) is 5.69 Å². The van der Waals surface area contributed by atoms with Crippen molar-refractivity contribution in [2.75, 3.05) is 0 Å². The molecule has 0 fully saturated rings. The second-order valence-electron chi connectivity index (χ2n) is 4.10. The molecule has 1 heterocycles. The lowest BCUT2D eigenvalue weighted by Gasteiger charge is -2.09. The van der Waals surface area contributed by atoms with Gasteiger partial charge in [-0.05, 0) is 31.9 Å². The van der Waals surface area contributed by atoms with Crippen molar-refractivity contribution in [3.63, 3.8) is 0 Å². The summed E-state index contributed by atoms with van der Waals surface area (Å²) in [5, 5.41) is 16.3. The summed E-state index contributed by atoms with van der Waals surface area (Å²) >= 11 is 0. The second-order valence-corrected chi connectivity index (χ2v) is 4.10. The van der Waals surface area contributed by atoms with Gasteiger partial charge in [-0.1, -0.05) is 22.9 Å². The van der Waals surface area contributed by atoms with Gasteiger partial charge < -0.3 is 5.11 Å². The van der Waals surface area contributed by atoms with Gasteiger partial charge in [0, 0.05) is 0 Å². The Morgan fingerprint density at radius 1 is 1.24 bits per heavy atom. The topological polar surface area (TPSA) is 68.0 Å². The number of nitrogens with zero attached hydrogens (tertiary/aromatic N) is 3. The van der Waals surface area contributed by atoms with Crippen LogP contribution in [0.25, 0.3) is 5.69 Å². The van der Waals surface area contributed by atoms with Crippen LogP contribution in [0.15, 0.2) is 18.3 Å². The van der Waals surface area contributed by atoms with Crippen molar-refractivity contribution in [1.82, 2.24) is 15.0 Å². The molecule has 2 aromatic rings. The van der Waals surface area contributed by atoms with E-state index in [1.165, 1.54) is 16.4 Å². The molecule has 0 aliphatic rings. The molecule has 88 valence electrons. The Morgan fingerprint density at radius 3 is 2.29 bits per heavy atom. The van der Waals surface area contributed by atoms with Gasteiger partial charge in [0.2, 0.25) is 0 Å². The maximum Gasteiger partial charge on any atom is 0.358 e. The Hall–Kier alpha value is -2.17. The average Bonchev–Trinajstić information content (AvgIpc) is 2.65. The van der Waals surface area contributed by atoms with Gasteiger partial charge in [-0.25, -0.2) is 9.48 Å². The Kier molecular flexibility index (Phi) is 2.67. The summed E-state index contributed by atoms with van der Waals surface area (Å²) in [6.07, 6.45) is 1.42. The number of aromatic nitrogens is 3. The molecule has 0 spiro atoms. The number of carbonyl (C=O) groups is 1. The predicted molar refractivity (Wildman–Crippen MR) is 62.5 cm³/mol. The maximum atomic E-state index is 10.8. The fourth-order valence-corrected chi connectivity index (χ4v) is 2.00. The molecule has 0 aliphatic heterocycles. The van der Waals surface area contributed by atoms with E-state index in [1.54, 1.807) is 0 Å². The van der Waals surface area contributed by atoms with Gasteiger partial charge in [-0.2, -0.15) is 0 Å². The molecular formula is C12H13N3O2. The second kappa shape index (κ2) is 4.01. The predicted octanol–water partition coefficient (Wildman–Crippen LogP) is 1.89. The highest BCUT2D eigenvalue weighted by atomic mass is 16.4. The zero-order valence-corrected chi connectivity index (χ0v) is 9.93. The first kappa shape index (κ1) is 11.3. The molecule has 1 N–H and O–H groups in total. The van der Waals surface area contributed by atoms with Gasteiger partial charge in [-0.15, -0.1) is 5.10 Å². The highest BCUT2D eigenvalue weighted by Crippen LogP contribution is 2.20. The van der Waals surface area contributed by atoms with E-state index in [2.05, 4.69) is 10.3 Å². The van der Waals surface area contributed by atoms with Gasteiger partial charge in [0.1, 0.15) is 0 Å². The fourth-order valence-electron chi connectivity index (χ4n) is 2.00. The van der Waals surface area contributed by atoms with Crippen LogP contribution in [0.5, 0.6) is 0 Å². The van der Waals surface area contributed by atoms with E-state index in [1.807, 2.05) is 32.9 Å². The first-order valence-corrected chi connectivity index (χ1v) is 5.23. The lowest BCUT2D eigenvalue weighted by Crippen LogP contribution is -2.01. The average molecular weight is 231 g/mol. The third-order valence-electron chi connectivity index (χ3n) is 2.58. The molecule has 17 heavy (non-hydrogen) atoms. The van der Waals surface area contributed by atoms with Crippen molar-refractivity contribution in [2.45, 2.75) is 20.8 Å². The number of rotatable bonds is 2. The number of hydrogen-bond donors (Lipinski definition) is 1. The quantitative estimate of drug-likeness (QED) is 0.857. The van der Waals surface area contributed by atoms with Crippen LogP contribution >= 0.6 is 0 Å². The molecule has 0 saturated carbocycles. The summed E-state index contributed by atoms with van der Waals surface area (Å²) in [4.78, 5) is 10.8. The number of carboxylic acid groups (broad SMARTS) is 1. The summed E-state index contributed by atoms with van der Waals surface area (Å²) in [6, 6.07) is 4.06. The third kappa shape index (κ3) is 2.04. The molecule has 1 aromatic heterocycles. The smallest absolute Gasteiger partial charge is 0.358 e. The SMILES string of the molecule is Cc1cc(C)c(-n2cc(C(=O)O)nn2)c(C)c1. The third-order valence-corrected chi connectivity index (χ3v) is 2.58. The van der Waals surface area contributed by atoms with Gasteiger partial charge in [-0.3, -0.25) is 0 Å². The number of aromatic carboxylic acids is 1. The summed E-state index contributed by atoms with van der Waals surface area (Å²) in [6.45, 7) is 5.96. The number of hydrogen-bond acceptors (Lipinski definition) is 3. The first-order chi connectivity index (χ1) is 7.99. The molecule has 2 rings (SSSR count). The summed E-state index contributed by atoms with van der Waals surface area (Å²) in [7, 11) is 0.